The Balaban J connectivity index is 1.65. The molecule has 2 heterocycles. The Labute approximate surface area is 191 Å². The quantitative estimate of drug-likeness (QED) is 0.676. The van der Waals surface area contributed by atoms with Crippen molar-refractivity contribution < 1.29 is 24.2 Å². The summed E-state index contributed by atoms with van der Waals surface area (Å²) in [5.41, 5.74) is 2.01. The van der Waals surface area contributed by atoms with E-state index in [0.29, 0.717) is 24.7 Å². The van der Waals surface area contributed by atoms with Crippen molar-refractivity contribution >= 4 is 23.5 Å². The molecule has 2 aliphatic heterocycles. The molecule has 32 heavy (non-hydrogen) atoms. The molecule has 0 spiro atoms. The van der Waals surface area contributed by atoms with Gasteiger partial charge in [-0.05, 0) is 23.3 Å². The average molecular weight is 455 g/mol. The normalized spacial score (nSPS) is 18.3. The van der Waals surface area contributed by atoms with Crippen LogP contribution in [0.1, 0.15) is 11.1 Å². The van der Waals surface area contributed by atoms with E-state index in [4.69, 9.17) is 21.1 Å². The number of carbonyl (C=O) groups excluding carboxylic acids is 2. The molecule has 0 aliphatic carbocycles. The maximum absolute atomic E-state index is 13.4. The van der Waals surface area contributed by atoms with Crippen LogP contribution in [-0.2, 0) is 32.2 Å². The van der Waals surface area contributed by atoms with E-state index in [0.717, 1.165) is 11.1 Å². The molecule has 1 fully saturated rings. The number of carbonyl (C=O) groups is 2. The number of fused-ring (bicyclic) bond motifs is 1. The summed E-state index contributed by atoms with van der Waals surface area (Å²) in [6, 6.07) is 16.7. The van der Waals surface area contributed by atoms with Crippen LogP contribution in [-0.4, -0.2) is 53.1 Å². The zero-order valence-corrected chi connectivity index (χ0v) is 18.3. The summed E-state index contributed by atoms with van der Waals surface area (Å²) in [4.78, 5) is 29.0. The number of piperazine rings is 1. The number of hydrogen-bond acceptors (Lipinski definition) is 6. The summed E-state index contributed by atoms with van der Waals surface area (Å²) < 4.78 is 10.7. The smallest absolute Gasteiger partial charge is 0.338 e. The van der Waals surface area contributed by atoms with E-state index in [1.54, 1.807) is 15.9 Å². The molecule has 1 unspecified atom stereocenters. The number of halogens is 1. The number of benzene rings is 2. The highest BCUT2D eigenvalue weighted by Crippen LogP contribution is 2.32. The van der Waals surface area contributed by atoms with Gasteiger partial charge in [-0.2, -0.15) is 0 Å². The molecule has 166 valence electrons. The van der Waals surface area contributed by atoms with Gasteiger partial charge < -0.3 is 24.4 Å². The SMILES string of the molecule is COC(=O)C1=CN2CCN(Cc3cccc(Cl)c3)C(=O)C2=C(OCc2ccccc2)C1O. The Morgan fingerprint density at radius 1 is 1.12 bits per heavy atom. The fourth-order valence-electron chi connectivity index (χ4n) is 3.77. The van der Waals surface area contributed by atoms with E-state index < -0.39 is 12.1 Å². The molecule has 1 atom stereocenters. The molecule has 1 N–H and O–H groups in total. The molecule has 4 rings (SSSR count). The van der Waals surface area contributed by atoms with Gasteiger partial charge in [-0.25, -0.2) is 4.79 Å². The van der Waals surface area contributed by atoms with Gasteiger partial charge in [0.25, 0.3) is 5.91 Å². The summed E-state index contributed by atoms with van der Waals surface area (Å²) in [6.07, 6.45) is 0.0584. The zero-order chi connectivity index (χ0) is 22.7. The molecule has 2 aromatic rings. The Bertz CT molecular complexity index is 1080. The van der Waals surface area contributed by atoms with Crippen LogP contribution < -0.4 is 0 Å². The minimum absolute atomic E-state index is 0.0235. The van der Waals surface area contributed by atoms with Crippen molar-refractivity contribution in [1.29, 1.82) is 0 Å². The monoisotopic (exact) mass is 454 g/mol. The minimum Gasteiger partial charge on any atom is -0.488 e. The molecule has 1 amide bonds. The number of ether oxygens (including phenoxy) is 2. The highest BCUT2D eigenvalue weighted by atomic mass is 35.5. The Kier molecular flexibility index (Phi) is 6.48. The van der Waals surface area contributed by atoms with Gasteiger partial charge in [-0.1, -0.05) is 54.1 Å². The molecule has 2 aliphatic rings. The highest BCUT2D eigenvalue weighted by Gasteiger charge is 2.41. The van der Waals surface area contributed by atoms with Crippen molar-refractivity contribution in [3.05, 3.63) is 94.0 Å². The molecule has 7 nitrogen and oxygen atoms in total. The molecule has 0 saturated carbocycles. The molecule has 0 aromatic heterocycles. The van der Waals surface area contributed by atoms with E-state index >= 15 is 0 Å². The van der Waals surface area contributed by atoms with E-state index in [9.17, 15) is 14.7 Å². The van der Waals surface area contributed by atoms with Crippen molar-refractivity contribution in [2.75, 3.05) is 20.2 Å². The molecular formula is C24H23ClN2O5. The van der Waals surface area contributed by atoms with Gasteiger partial charge in [0.15, 0.2) is 5.76 Å². The Morgan fingerprint density at radius 3 is 2.59 bits per heavy atom. The first kappa shape index (κ1) is 21.9. The van der Waals surface area contributed by atoms with Crippen LogP contribution in [0.25, 0.3) is 0 Å². The third kappa shape index (κ3) is 4.49. The third-order valence-electron chi connectivity index (χ3n) is 5.38. The maximum atomic E-state index is 13.4. The number of amides is 1. The molecule has 0 bridgehead atoms. The lowest BCUT2D eigenvalue weighted by Gasteiger charge is -2.40. The second-order valence-electron chi connectivity index (χ2n) is 7.52. The largest absolute Gasteiger partial charge is 0.488 e. The number of nitrogens with zero attached hydrogens (tertiary/aromatic N) is 2. The average Bonchev–Trinajstić information content (AvgIpc) is 2.80. The Hall–Kier alpha value is -3.29. The van der Waals surface area contributed by atoms with Gasteiger partial charge >= 0.3 is 5.97 Å². The summed E-state index contributed by atoms with van der Waals surface area (Å²) >= 11 is 6.09. The van der Waals surface area contributed by atoms with Gasteiger partial charge in [-0.3, -0.25) is 4.79 Å². The lowest BCUT2D eigenvalue weighted by atomic mass is 10.0. The van der Waals surface area contributed by atoms with Gasteiger partial charge in [0.1, 0.15) is 18.4 Å². The predicted octanol–water partition coefficient (Wildman–Crippen LogP) is 2.84. The zero-order valence-electron chi connectivity index (χ0n) is 17.5. The summed E-state index contributed by atoms with van der Waals surface area (Å²) in [5.74, 6) is -0.929. The number of esters is 1. The second kappa shape index (κ2) is 9.46. The molecule has 0 radical (unpaired) electrons. The van der Waals surface area contributed by atoms with Crippen LogP contribution in [0, 0.1) is 0 Å². The van der Waals surface area contributed by atoms with E-state index in [-0.39, 0.29) is 29.5 Å². The van der Waals surface area contributed by atoms with Crippen LogP contribution in [0.3, 0.4) is 0 Å². The van der Waals surface area contributed by atoms with Crippen LogP contribution in [0.2, 0.25) is 5.02 Å². The fourth-order valence-corrected chi connectivity index (χ4v) is 3.98. The van der Waals surface area contributed by atoms with E-state index in [2.05, 4.69) is 0 Å². The number of aliphatic hydroxyl groups excluding tert-OH is 1. The van der Waals surface area contributed by atoms with Crippen LogP contribution in [0.4, 0.5) is 0 Å². The molecule has 1 saturated heterocycles. The van der Waals surface area contributed by atoms with Crippen molar-refractivity contribution in [3.63, 3.8) is 0 Å². The van der Waals surface area contributed by atoms with Crippen molar-refractivity contribution in [2.24, 2.45) is 0 Å². The first-order chi connectivity index (χ1) is 15.5. The predicted molar refractivity (Wildman–Crippen MR) is 118 cm³/mol. The number of aliphatic hydroxyl groups is 1. The van der Waals surface area contributed by atoms with Crippen molar-refractivity contribution in [3.8, 4) is 0 Å². The molecule has 2 aromatic carbocycles. The Morgan fingerprint density at radius 2 is 1.88 bits per heavy atom. The van der Waals surface area contributed by atoms with Gasteiger partial charge in [0.05, 0.1) is 12.7 Å². The van der Waals surface area contributed by atoms with E-state index in [1.807, 2.05) is 48.5 Å². The van der Waals surface area contributed by atoms with Gasteiger partial charge in [-0.15, -0.1) is 0 Å². The molecule has 8 heteroatoms. The second-order valence-corrected chi connectivity index (χ2v) is 7.95. The third-order valence-corrected chi connectivity index (χ3v) is 5.61. The fraction of sp³-hybridized carbons (Fsp3) is 0.250. The number of methoxy groups -OCH3 is 1. The number of rotatable bonds is 6. The topological polar surface area (TPSA) is 79.3 Å². The maximum Gasteiger partial charge on any atom is 0.338 e. The van der Waals surface area contributed by atoms with Gasteiger partial charge in [0.2, 0.25) is 0 Å². The highest BCUT2D eigenvalue weighted by molar-refractivity contribution is 6.30. The summed E-state index contributed by atoms with van der Waals surface area (Å²) in [6.45, 7) is 1.38. The molecular weight excluding hydrogens is 432 g/mol. The van der Waals surface area contributed by atoms with Crippen molar-refractivity contribution in [1.82, 2.24) is 9.80 Å². The lowest BCUT2D eigenvalue weighted by molar-refractivity contribution is -0.138. The van der Waals surface area contributed by atoms with Crippen LogP contribution in [0.5, 0.6) is 0 Å². The minimum atomic E-state index is -1.41. The standard InChI is InChI=1S/C24H23ClN2O5/c1-31-24(30)19-14-26-10-11-27(13-17-8-5-9-18(25)12-17)23(29)20(26)22(21(19)28)32-15-16-6-3-2-4-7-16/h2-9,12,14,21,28H,10-11,13,15H2,1H3. The van der Waals surface area contributed by atoms with Gasteiger partial charge in [0, 0.05) is 30.9 Å². The summed E-state index contributed by atoms with van der Waals surface area (Å²) in [5, 5.41) is 11.5. The van der Waals surface area contributed by atoms with Crippen LogP contribution >= 0.6 is 11.6 Å². The lowest BCUT2D eigenvalue weighted by Crippen LogP contribution is -2.50. The van der Waals surface area contributed by atoms with Crippen molar-refractivity contribution in [2.45, 2.75) is 19.3 Å². The summed E-state index contributed by atoms with van der Waals surface area (Å²) in [7, 11) is 1.24. The van der Waals surface area contributed by atoms with Crippen LogP contribution in [0.15, 0.2) is 77.8 Å². The first-order valence-corrected chi connectivity index (χ1v) is 10.5. The van der Waals surface area contributed by atoms with E-state index in [1.165, 1.54) is 13.3 Å². The first-order valence-electron chi connectivity index (χ1n) is 10.2. The number of hydrogen-bond donors (Lipinski definition) is 1.